The number of nitrogens with zero attached hydrogens (tertiary/aromatic N) is 1. The van der Waals surface area contributed by atoms with Crippen molar-refractivity contribution in [2.24, 2.45) is 11.8 Å². The summed E-state index contributed by atoms with van der Waals surface area (Å²) in [7, 11) is 0. The van der Waals surface area contributed by atoms with Gasteiger partial charge >= 0.3 is 0 Å². The Bertz CT molecular complexity index is 436. The lowest BCUT2D eigenvalue weighted by atomic mass is 9.94. The Morgan fingerprint density at radius 3 is 2.38 bits per heavy atom. The Kier molecular flexibility index (Phi) is 5.80. The van der Waals surface area contributed by atoms with Crippen LogP contribution in [0.2, 0.25) is 0 Å². The van der Waals surface area contributed by atoms with Crippen molar-refractivity contribution < 1.29 is 4.79 Å². The van der Waals surface area contributed by atoms with Gasteiger partial charge in [0.25, 0.3) is 0 Å². The molecule has 1 aliphatic heterocycles. The minimum Gasteiger partial charge on any atom is -0.349 e. The van der Waals surface area contributed by atoms with Crippen molar-refractivity contribution in [3.8, 4) is 0 Å². The topological polar surface area (TPSA) is 32.3 Å². The molecule has 1 amide bonds. The van der Waals surface area contributed by atoms with Crippen LogP contribution in [0.4, 0.5) is 0 Å². The number of hydrogen-bond donors (Lipinski definition) is 1. The first-order valence-electron chi connectivity index (χ1n) is 8.14. The van der Waals surface area contributed by atoms with Gasteiger partial charge in [-0.1, -0.05) is 44.2 Å². The minimum absolute atomic E-state index is 0.0902. The van der Waals surface area contributed by atoms with E-state index in [2.05, 4.69) is 43.1 Å². The highest BCUT2D eigenvalue weighted by Gasteiger charge is 2.26. The van der Waals surface area contributed by atoms with Crippen molar-refractivity contribution in [3.05, 3.63) is 35.9 Å². The normalized spacial score (nSPS) is 18.7. The molecule has 0 aliphatic carbocycles. The fourth-order valence-corrected chi connectivity index (χ4v) is 3.05. The Morgan fingerprint density at radius 2 is 1.81 bits per heavy atom. The third-order valence-electron chi connectivity index (χ3n) is 4.24. The second-order valence-electron chi connectivity index (χ2n) is 6.61. The molecule has 1 N–H and O–H groups in total. The van der Waals surface area contributed by atoms with E-state index >= 15 is 0 Å². The average molecular weight is 288 g/mol. The van der Waals surface area contributed by atoms with Crippen LogP contribution >= 0.6 is 0 Å². The van der Waals surface area contributed by atoms with Crippen molar-refractivity contribution >= 4 is 5.91 Å². The fraction of sp³-hybridized carbons (Fsp3) is 0.611. The summed E-state index contributed by atoms with van der Waals surface area (Å²) in [6.07, 6.45) is 1.97. The highest BCUT2D eigenvalue weighted by molar-refractivity contribution is 5.79. The standard InChI is InChI=1S/C18H28N2O/c1-14(2)13-20-11-9-17(10-12-20)18(21)19-15(3)16-7-5-4-6-8-16/h4-8,14-15,17H,9-13H2,1-3H3,(H,19,21)/t15-/m1/s1. The molecule has 116 valence electrons. The largest absolute Gasteiger partial charge is 0.349 e. The quantitative estimate of drug-likeness (QED) is 0.902. The summed E-state index contributed by atoms with van der Waals surface area (Å²) in [5.41, 5.74) is 1.17. The summed E-state index contributed by atoms with van der Waals surface area (Å²) in [5.74, 6) is 1.10. The van der Waals surface area contributed by atoms with Gasteiger partial charge < -0.3 is 10.2 Å². The summed E-state index contributed by atoms with van der Waals surface area (Å²) in [6, 6.07) is 10.3. The van der Waals surface area contributed by atoms with Crippen LogP contribution in [0.1, 0.15) is 45.2 Å². The number of rotatable bonds is 5. The first kappa shape index (κ1) is 16.0. The van der Waals surface area contributed by atoms with Crippen molar-refractivity contribution in [3.63, 3.8) is 0 Å². The van der Waals surface area contributed by atoms with Crippen LogP contribution in [0.25, 0.3) is 0 Å². The van der Waals surface area contributed by atoms with Gasteiger partial charge in [-0.05, 0) is 44.3 Å². The van der Waals surface area contributed by atoms with Gasteiger partial charge in [-0.15, -0.1) is 0 Å². The maximum atomic E-state index is 12.4. The van der Waals surface area contributed by atoms with Gasteiger partial charge in [0.2, 0.25) is 5.91 Å². The van der Waals surface area contributed by atoms with E-state index in [0.29, 0.717) is 5.92 Å². The van der Waals surface area contributed by atoms with Gasteiger partial charge in [-0.2, -0.15) is 0 Å². The summed E-state index contributed by atoms with van der Waals surface area (Å²) in [6.45, 7) is 9.81. The summed E-state index contributed by atoms with van der Waals surface area (Å²) >= 11 is 0. The summed E-state index contributed by atoms with van der Waals surface area (Å²) in [5, 5.41) is 3.16. The average Bonchev–Trinajstić information content (AvgIpc) is 2.48. The van der Waals surface area contributed by atoms with Crippen LogP contribution in [-0.4, -0.2) is 30.4 Å². The molecule has 3 heteroatoms. The molecule has 0 spiro atoms. The first-order valence-corrected chi connectivity index (χ1v) is 8.14. The molecule has 1 aromatic rings. The van der Waals surface area contributed by atoms with Crippen LogP contribution in [0, 0.1) is 11.8 Å². The Labute approximate surface area is 128 Å². The zero-order chi connectivity index (χ0) is 15.2. The third kappa shape index (κ3) is 4.85. The molecule has 3 nitrogen and oxygen atoms in total. The molecular formula is C18H28N2O. The molecule has 1 saturated heterocycles. The predicted molar refractivity (Wildman–Crippen MR) is 87.0 cm³/mol. The second kappa shape index (κ2) is 7.60. The van der Waals surface area contributed by atoms with Crippen LogP contribution in [0.5, 0.6) is 0 Å². The van der Waals surface area contributed by atoms with E-state index in [-0.39, 0.29) is 17.9 Å². The SMILES string of the molecule is CC(C)CN1CCC(C(=O)N[C@H](C)c2ccccc2)CC1. The molecule has 2 rings (SSSR count). The van der Waals surface area contributed by atoms with Gasteiger partial charge in [-0.25, -0.2) is 0 Å². The third-order valence-corrected chi connectivity index (χ3v) is 4.24. The van der Waals surface area contributed by atoms with E-state index in [9.17, 15) is 4.79 Å². The van der Waals surface area contributed by atoms with E-state index in [1.54, 1.807) is 0 Å². The van der Waals surface area contributed by atoms with E-state index in [0.717, 1.165) is 32.5 Å². The fourth-order valence-electron chi connectivity index (χ4n) is 3.05. The first-order chi connectivity index (χ1) is 10.1. The van der Waals surface area contributed by atoms with Gasteiger partial charge in [0.15, 0.2) is 0 Å². The maximum absolute atomic E-state index is 12.4. The predicted octanol–water partition coefficient (Wildman–Crippen LogP) is 3.23. The smallest absolute Gasteiger partial charge is 0.223 e. The van der Waals surface area contributed by atoms with Crippen molar-refractivity contribution in [1.82, 2.24) is 10.2 Å². The molecule has 21 heavy (non-hydrogen) atoms. The summed E-state index contributed by atoms with van der Waals surface area (Å²) < 4.78 is 0. The Hall–Kier alpha value is -1.35. The zero-order valence-electron chi connectivity index (χ0n) is 13.5. The Balaban J connectivity index is 1.80. The van der Waals surface area contributed by atoms with Crippen molar-refractivity contribution in [2.75, 3.05) is 19.6 Å². The molecule has 0 saturated carbocycles. The number of piperidine rings is 1. The van der Waals surface area contributed by atoms with Gasteiger partial charge in [0.05, 0.1) is 6.04 Å². The lowest BCUT2D eigenvalue weighted by Gasteiger charge is -2.32. The molecule has 1 fully saturated rings. The highest BCUT2D eigenvalue weighted by atomic mass is 16.1. The number of carbonyl (C=O) groups excluding carboxylic acids is 1. The number of likely N-dealkylation sites (tertiary alicyclic amines) is 1. The van der Waals surface area contributed by atoms with Crippen LogP contribution in [-0.2, 0) is 4.79 Å². The number of amides is 1. The lowest BCUT2D eigenvalue weighted by Crippen LogP contribution is -2.42. The molecular weight excluding hydrogens is 260 g/mol. The molecule has 0 aromatic heterocycles. The molecule has 1 atom stereocenters. The monoisotopic (exact) mass is 288 g/mol. The molecule has 0 unspecified atom stereocenters. The molecule has 0 radical (unpaired) electrons. The second-order valence-corrected chi connectivity index (χ2v) is 6.61. The summed E-state index contributed by atoms with van der Waals surface area (Å²) in [4.78, 5) is 14.9. The van der Waals surface area contributed by atoms with Crippen molar-refractivity contribution in [1.29, 1.82) is 0 Å². The van der Waals surface area contributed by atoms with Gasteiger partial charge in [-0.3, -0.25) is 4.79 Å². The van der Waals surface area contributed by atoms with E-state index in [1.807, 2.05) is 18.2 Å². The lowest BCUT2D eigenvalue weighted by molar-refractivity contribution is -0.127. The molecule has 0 bridgehead atoms. The number of hydrogen-bond acceptors (Lipinski definition) is 2. The number of nitrogens with one attached hydrogen (secondary N) is 1. The van der Waals surface area contributed by atoms with Crippen LogP contribution < -0.4 is 5.32 Å². The van der Waals surface area contributed by atoms with Crippen LogP contribution in [0.15, 0.2) is 30.3 Å². The Morgan fingerprint density at radius 1 is 1.19 bits per heavy atom. The van der Waals surface area contributed by atoms with Crippen molar-refractivity contribution in [2.45, 2.75) is 39.7 Å². The van der Waals surface area contributed by atoms with E-state index in [1.165, 1.54) is 5.56 Å². The highest BCUT2D eigenvalue weighted by Crippen LogP contribution is 2.20. The number of carbonyl (C=O) groups is 1. The van der Waals surface area contributed by atoms with Gasteiger partial charge in [0.1, 0.15) is 0 Å². The number of benzene rings is 1. The van der Waals surface area contributed by atoms with Gasteiger partial charge in [0, 0.05) is 12.5 Å². The maximum Gasteiger partial charge on any atom is 0.223 e. The minimum atomic E-state index is 0.0902. The molecule has 1 aliphatic rings. The molecule has 1 heterocycles. The van der Waals surface area contributed by atoms with E-state index in [4.69, 9.17) is 0 Å². The van der Waals surface area contributed by atoms with Crippen LogP contribution in [0.3, 0.4) is 0 Å². The molecule has 1 aromatic carbocycles. The van der Waals surface area contributed by atoms with E-state index < -0.39 is 0 Å². The zero-order valence-corrected chi connectivity index (χ0v) is 13.5.